The Morgan fingerprint density at radius 1 is 1.75 bits per heavy atom. The molecule has 0 aliphatic rings. The van der Waals surface area contributed by atoms with Gasteiger partial charge in [0, 0.05) is 27.3 Å². The molecule has 0 saturated heterocycles. The maximum Gasteiger partial charge on any atom is 0.308 e. The Morgan fingerprint density at radius 2 is 2.50 bits per heavy atom. The van der Waals surface area contributed by atoms with E-state index >= 15 is 0 Å². The monoisotopic (exact) mass is 337 g/mol. The Hall–Kier alpha value is -0.632. The van der Waals surface area contributed by atoms with Gasteiger partial charge in [-0.05, 0) is 6.92 Å². The quantitative estimate of drug-likeness (QED) is 0.737. The van der Waals surface area contributed by atoms with E-state index in [0.29, 0.717) is 12.3 Å². The molecule has 0 radical (unpaired) electrons. The molecule has 12 heavy (non-hydrogen) atoms. The van der Waals surface area contributed by atoms with Crippen LogP contribution < -0.4 is 5.10 Å². The minimum absolute atomic E-state index is 0. The fraction of sp³-hybridized carbons (Fsp3) is 0.429. The van der Waals surface area contributed by atoms with Crippen molar-refractivity contribution in [3.63, 3.8) is 0 Å². The second-order valence-electron chi connectivity index (χ2n) is 2.00. The topological polar surface area (TPSA) is 53.3 Å². The summed E-state index contributed by atoms with van der Waals surface area (Å²) in [6.07, 6.45) is 1.77. The maximum absolute atomic E-state index is 10.8. The molecular weight excluding hydrogens is 328 g/mol. The molecule has 4 nitrogen and oxygen atoms in total. The van der Waals surface area contributed by atoms with Crippen LogP contribution in [0.1, 0.15) is 12.6 Å². The van der Waals surface area contributed by atoms with E-state index in [1.165, 1.54) is 0 Å². The molecule has 0 fully saturated rings. The smallest absolute Gasteiger partial charge is 0.308 e. The number of rotatable bonds is 3. The van der Waals surface area contributed by atoms with Crippen molar-refractivity contribution in [2.24, 2.45) is 0 Å². The normalized spacial score (nSPS) is 8.75. The van der Waals surface area contributed by atoms with Gasteiger partial charge in [-0.25, -0.2) is 0 Å². The van der Waals surface area contributed by atoms with Gasteiger partial charge in [0.2, 0.25) is 0 Å². The standard InChI is InChI=1S/C7H9N2O2.W/c1-2-11-7(10)5-6-3-4-8-9-6;/h3-4H,2,5H2,1H3;/q-1;. The van der Waals surface area contributed by atoms with Gasteiger partial charge >= 0.3 is 5.97 Å². The maximum atomic E-state index is 10.8. The third kappa shape index (κ3) is 3.67. The average Bonchev–Trinajstić information content (AvgIpc) is 2.40. The SMILES string of the molecule is CCOC(=O)Cc1ccn[n-]1.[W]. The summed E-state index contributed by atoms with van der Waals surface area (Å²) in [4.78, 5) is 10.8. The van der Waals surface area contributed by atoms with E-state index in [0.717, 1.165) is 0 Å². The summed E-state index contributed by atoms with van der Waals surface area (Å²) in [6.45, 7) is 2.18. The van der Waals surface area contributed by atoms with Crippen molar-refractivity contribution >= 4 is 5.97 Å². The van der Waals surface area contributed by atoms with Gasteiger partial charge in [-0.2, -0.15) is 0 Å². The van der Waals surface area contributed by atoms with Crippen LogP contribution in [-0.4, -0.2) is 17.7 Å². The van der Waals surface area contributed by atoms with Gasteiger partial charge in [-0.1, -0.05) is 6.07 Å². The van der Waals surface area contributed by atoms with Gasteiger partial charge in [-0.3, -0.25) is 4.79 Å². The molecule has 0 aliphatic heterocycles. The molecular formula is C7H9N2O2W-. The fourth-order valence-electron chi connectivity index (χ4n) is 0.714. The Kier molecular flexibility index (Phi) is 5.64. The molecule has 5 heteroatoms. The first-order chi connectivity index (χ1) is 5.33. The molecule has 1 rings (SSSR count). The molecule has 0 aliphatic carbocycles. The molecule has 1 aromatic rings. The Morgan fingerprint density at radius 3 is 3.00 bits per heavy atom. The van der Waals surface area contributed by atoms with E-state index < -0.39 is 0 Å². The van der Waals surface area contributed by atoms with E-state index in [9.17, 15) is 4.79 Å². The number of carbonyl (C=O) groups excluding carboxylic acids is 1. The third-order valence-electron chi connectivity index (χ3n) is 1.15. The van der Waals surface area contributed by atoms with E-state index in [1.807, 2.05) is 0 Å². The van der Waals surface area contributed by atoms with Crippen molar-refractivity contribution < 1.29 is 30.6 Å². The second-order valence-corrected chi connectivity index (χ2v) is 2.00. The number of ether oxygens (including phenoxy) is 1. The first-order valence-corrected chi connectivity index (χ1v) is 3.41. The summed E-state index contributed by atoms with van der Waals surface area (Å²) in [5.41, 5.74) is 0.656. The van der Waals surface area contributed by atoms with Gasteiger partial charge < -0.3 is 14.9 Å². The summed E-state index contributed by atoms with van der Waals surface area (Å²) < 4.78 is 4.71. The summed E-state index contributed by atoms with van der Waals surface area (Å²) in [5.74, 6) is -0.256. The van der Waals surface area contributed by atoms with Crippen molar-refractivity contribution in [1.82, 2.24) is 10.2 Å². The Balaban J connectivity index is 0.00000121. The number of aromatic nitrogens is 2. The number of hydrogen-bond donors (Lipinski definition) is 0. The number of carbonyl (C=O) groups is 1. The molecule has 0 unspecified atom stereocenters. The average molecular weight is 337 g/mol. The van der Waals surface area contributed by atoms with E-state index in [2.05, 4.69) is 10.2 Å². The van der Waals surface area contributed by atoms with Crippen LogP contribution in [-0.2, 0) is 37.0 Å². The fourth-order valence-corrected chi connectivity index (χ4v) is 0.714. The van der Waals surface area contributed by atoms with Crippen LogP contribution >= 0.6 is 0 Å². The molecule has 0 atom stereocenters. The van der Waals surface area contributed by atoms with Crippen LogP contribution in [0.15, 0.2) is 12.3 Å². The van der Waals surface area contributed by atoms with Crippen LogP contribution in [0.25, 0.3) is 0 Å². The minimum atomic E-state index is -0.256. The first kappa shape index (κ1) is 11.4. The predicted molar refractivity (Wildman–Crippen MR) is 37.9 cm³/mol. The van der Waals surface area contributed by atoms with Gasteiger partial charge in [0.25, 0.3) is 0 Å². The first-order valence-electron chi connectivity index (χ1n) is 3.41. The second kappa shape index (κ2) is 5.95. The zero-order chi connectivity index (χ0) is 8.10. The number of esters is 1. The van der Waals surface area contributed by atoms with Crippen molar-refractivity contribution in [3.8, 4) is 0 Å². The van der Waals surface area contributed by atoms with Crippen LogP contribution in [0.2, 0.25) is 0 Å². The predicted octanol–water partition coefficient (Wildman–Crippen LogP) is 0.142. The summed E-state index contributed by atoms with van der Waals surface area (Å²) >= 11 is 0. The van der Waals surface area contributed by atoms with Gasteiger partial charge in [0.15, 0.2) is 0 Å². The van der Waals surface area contributed by atoms with Gasteiger partial charge in [0.1, 0.15) is 0 Å². The molecule has 0 amide bonds. The van der Waals surface area contributed by atoms with Gasteiger partial charge in [-0.15, -0.1) is 5.69 Å². The van der Waals surface area contributed by atoms with Crippen LogP contribution in [0, 0.1) is 0 Å². The van der Waals surface area contributed by atoms with E-state index in [1.54, 1.807) is 19.2 Å². The van der Waals surface area contributed by atoms with Crippen LogP contribution in [0.3, 0.4) is 0 Å². The number of hydrogen-bond acceptors (Lipinski definition) is 3. The number of nitrogens with zero attached hydrogens (tertiary/aromatic N) is 2. The van der Waals surface area contributed by atoms with Crippen molar-refractivity contribution in [1.29, 1.82) is 0 Å². The molecule has 1 heterocycles. The summed E-state index contributed by atoms with van der Waals surface area (Å²) in [6, 6.07) is 1.69. The zero-order valence-corrected chi connectivity index (χ0v) is 9.62. The van der Waals surface area contributed by atoms with Crippen LogP contribution in [0.4, 0.5) is 0 Å². The minimum Gasteiger partial charge on any atom is -0.578 e. The van der Waals surface area contributed by atoms with Crippen molar-refractivity contribution in [3.05, 3.63) is 18.0 Å². The van der Waals surface area contributed by atoms with E-state index in [4.69, 9.17) is 4.74 Å². The molecule has 1 aromatic heterocycles. The molecule has 0 bridgehead atoms. The van der Waals surface area contributed by atoms with Crippen molar-refractivity contribution in [2.75, 3.05) is 6.61 Å². The largest absolute Gasteiger partial charge is 0.578 e. The molecule has 0 saturated carbocycles. The van der Waals surface area contributed by atoms with E-state index in [-0.39, 0.29) is 33.5 Å². The Bertz CT molecular complexity index is 223. The molecule has 0 N–H and O–H groups in total. The Labute approximate surface area is 85.0 Å². The van der Waals surface area contributed by atoms with Gasteiger partial charge in [0.05, 0.1) is 13.0 Å². The van der Waals surface area contributed by atoms with Crippen LogP contribution in [0.5, 0.6) is 0 Å². The molecule has 0 spiro atoms. The third-order valence-corrected chi connectivity index (χ3v) is 1.15. The molecule has 0 aromatic carbocycles. The summed E-state index contributed by atoms with van der Waals surface area (Å²) in [7, 11) is 0. The molecule has 66 valence electrons. The summed E-state index contributed by atoms with van der Waals surface area (Å²) in [5, 5.41) is 7.27. The van der Waals surface area contributed by atoms with Crippen molar-refractivity contribution in [2.45, 2.75) is 13.3 Å². The zero-order valence-electron chi connectivity index (χ0n) is 6.69.